The third-order valence-corrected chi connectivity index (χ3v) is 8.50. The van der Waals surface area contributed by atoms with Gasteiger partial charge >= 0.3 is 12.1 Å². The van der Waals surface area contributed by atoms with Crippen LogP contribution in [0.25, 0.3) is 0 Å². The summed E-state index contributed by atoms with van der Waals surface area (Å²) in [5, 5.41) is 4.19. The van der Waals surface area contributed by atoms with Crippen LogP contribution in [0.3, 0.4) is 0 Å². The van der Waals surface area contributed by atoms with Crippen molar-refractivity contribution in [2.75, 3.05) is 13.7 Å². The minimum absolute atomic E-state index is 0.0964. The predicted molar refractivity (Wildman–Crippen MR) is 151 cm³/mol. The van der Waals surface area contributed by atoms with Crippen LogP contribution in [0.15, 0.2) is 91.0 Å². The van der Waals surface area contributed by atoms with Crippen molar-refractivity contribution < 1.29 is 19.1 Å². The molecule has 0 bridgehead atoms. The van der Waals surface area contributed by atoms with E-state index in [1.165, 1.54) is 27.9 Å². The molecule has 7 heteroatoms. The molecule has 0 spiro atoms. The van der Waals surface area contributed by atoms with Crippen LogP contribution in [-0.4, -0.2) is 47.1 Å². The van der Waals surface area contributed by atoms with Gasteiger partial charge in [0, 0.05) is 11.4 Å². The Hall–Kier alpha value is -2.69. The first-order chi connectivity index (χ1) is 17.2. The average Bonchev–Trinajstić information content (AvgIpc) is 3.27. The van der Waals surface area contributed by atoms with Crippen LogP contribution in [0, 0.1) is 0 Å². The van der Waals surface area contributed by atoms with Crippen molar-refractivity contribution >= 4 is 51.8 Å². The van der Waals surface area contributed by atoms with Crippen molar-refractivity contribution in [1.29, 1.82) is 0 Å². The second-order valence-corrected chi connectivity index (χ2v) is 12.9. The van der Waals surface area contributed by atoms with E-state index in [2.05, 4.69) is 112 Å². The number of amides is 1. The molecule has 1 aliphatic rings. The minimum atomic E-state index is -0.567. The second-order valence-electron chi connectivity index (χ2n) is 9.35. The highest BCUT2D eigenvalue weighted by Gasteiger charge is 2.41. The molecule has 3 aromatic carbocycles. The van der Waals surface area contributed by atoms with Gasteiger partial charge < -0.3 is 9.47 Å². The van der Waals surface area contributed by atoms with Gasteiger partial charge in [-0.3, -0.25) is 4.90 Å². The van der Waals surface area contributed by atoms with Gasteiger partial charge in [0.1, 0.15) is 11.6 Å². The quantitative estimate of drug-likeness (QED) is 0.240. The Morgan fingerprint density at radius 3 is 1.61 bits per heavy atom. The van der Waals surface area contributed by atoms with Gasteiger partial charge in [0.2, 0.25) is 0 Å². The van der Waals surface area contributed by atoms with Crippen molar-refractivity contribution in [1.82, 2.24) is 4.90 Å². The fourth-order valence-corrected chi connectivity index (χ4v) is 6.82. The van der Waals surface area contributed by atoms with Gasteiger partial charge in [0.15, 0.2) is 0 Å². The molecule has 1 fully saturated rings. The molecular formula is C29H33BrNO4P. The normalized spacial score (nSPS) is 17.2. The molecule has 1 heterocycles. The number of likely N-dealkylation sites (tertiary alicyclic amines) is 1. The van der Waals surface area contributed by atoms with E-state index < -0.39 is 31.6 Å². The lowest BCUT2D eigenvalue weighted by Crippen LogP contribution is -2.43. The molecule has 36 heavy (non-hydrogen) atoms. The van der Waals surface area contributed by atoms with E-state index in [0.29, 0.717) is 13.0 Å². The number of carbonyl (C=O) groups is 2. The fourth-order valence-electron chi connectivity index (χ4n) is 3.84. The number of methoxy groups -OCH3 is 1. The van der Waals surface area contributed by atoms with Crippen LogP contribution in [0.5, 0.6) is 0 Å². The van der Waals surface area contributed by atoms with Crippen LogP contribution < -0.4 is 15.9 Å². The summed E-state index contributed by atoms with van der Waals surface area (Å²) in [6.07, 6.45) is 0.0705. The van der Waals surface area contributed by atoms with Crippen LogP contribution in [0.2, 0.25) is 0 Å². The van der Waals surface area contributed by atoms with E-state index >= 15 is 0 Å². The lowest BCUT2D eigenvalue weighted by molar-refractivity contribution is -0.145. The van der Waals surface area contributed by atoms with Crippen molar-refractivity contribution in [3.05, 3.63) is 91.0 Å². The Kier molecular flexibility index (Phi) is 10.1. The van der Waals surface area contributed by atoms with E-state index in [9.17, 15) is 9.59 Å². The summed E-state index contributed by atoms with van der Waals surface area (Å²) < 4.78 is 9.94. The van der Waals surface area contributed by atoms with Gasteiger partial charge in [0.25, 0.3) is 0 Å². The van der Waals surface area contributed by atoms with Crippen molar-refractivity contribution in [3.8, 4) is 0 Å². The molecule has 5 nitrogen and oxygen atoms in total. The molecule has 2 atom stereocenters. The van der Waals surface area contributed by atoms with Gasteiger partial charge in [-0.25, -0.2) is 9.59 Å². The zero-order valence-electron chi connectivity index (χ0n) is 21.1. The predicted octanol–water partition coefficient (Wildman–Crippen LogP) is 5.38. The van der Waals surface area contributed by atoms with Gasteiger partial charge in [-0.2, -0.15) is 0 Å². The van der Waals surface area contributed by atoms with Gasteiger partial charge in [-0.05, 0) is 51.0 Å². The number of hydrogen-bond acceptors (Lipinski definition) is 4. The Labute approximate surface area is 223 Å². The molecule has 1 aliphatic heterocycles. The molecule has 0 unspecified atom stereocenters. The van der Waals surface area contributed by atoms with E-state index in [4.69, 9.17) is 4.74 Å². The Morgan fingerprint density at radius 1 is 0.833 bits per heavy atom. The largest absolute Gasteiger partial charge is 0.467 e. The minimum Gasteiger partial charge on any atom is -0.467 e. The summed E-state index contributed by atoms with van der Waals surface area (Å²) in [6, 6.07) is 31.8. The lowest BCUT2D eigenvalue weighted by Gasteiger charge is -2.27. The monoisotopic (exact) mass is 569 g/mol. The number of hydrogen-bond donors (Lipinski definition) is 0. The van der Waals surface area contributed by atoms with Crippen LogP contribution >= 0.6 is 23.9 Å². The molecule has 190 valence electrons. The molecular weight excluding hydrogens is 537 g/mol. The number of halogens is 1. The summed E-state index contributed by atoms with van der Waals surface area (Å²) in [6.45, 7) is 5.83. The summed E-state index contributed by atoms with van der Waals surface area (Å²) in [5.74, 6) is -0.405. The van der Waals surface area contributed by atoms with Crippen LogP contribution in [0.1, 0.15) is 27.2 Å². The molecule has 3 aromatic rings. The maximum atomic E-state index is 11.9. The topological polar surface area (TPSA) is 55.8 Å². The third kappa shape index (κ3) is 7.91. The van der Waals surface area contributed by atoms with Gasteiger partial charge in [0.05, 0.1) is 7.11 Å². The molecule has 0 aliphatic carbocycles. The number of ether oxygens (including phenoxy) is 2. The maximum Gasteiger partial charge on any atom is 0.411 e. The molecule has 1 saturated heterocycles. The van der Waals surface area contributed by atoms with Crippen LogP contribution in [0.4, 0.5) is 4.79 Å². The fraction of sp³-hybridized carbons (Fsp3) is 0.310. The summed E-state index contributed by atoms with van der Waals surface area (Å²) in [5.41, 5.74) is -0.567. The standard InChI is InChI=1S/C18H15P.C11H18BrNO4/c1-4-10-16(11-5-1)19(17-12-6-2-7-13-17)18-14-8-3-9-15-18;1-11(2,3)17-10(15)13-6-7(12)5-8(13)9(14)16-4/h1-15H;7-8H,5-6H2,1-4H3/t;7-,8-/m.0/s1. The lowest BCUT2D eigenvalue weighted by atomic mass is 10.2. The molecule has 0 saturated carbocycles. The highest BCUT2D eigenvalue weighted by atomic mass is 79.9. The van der Waals surface area contributed by atoms with Crippen molar-refractivity contribution in [2.24, 2.45) is 0 Å². The Bertz CT molecular complexity index is 1010. The first kappa shape index (κ1) is 27.9. The first-order valence-electron chi connectivity index (χ1n) is 11.9. The Morgan fingerprint density at radius 2 is 1.25 bits per heavy atom. The zero-order valence-corrected chi connectivity index (χ0v) is 23.6. The van der Waals surface area contributed by atoms with Gasteiger partial charge in [-0.1, -0.05) is 107 Å². The summed E-state index contributed by atoms with van der Waals surface area (Å²) >= 11 is 3.41. The zero-order chi connectivity index (χ0) is 26.1. The Balaban J connectivity index is 0.000000202. The average molecular weight is 570 g/mol. The number of carbonyl (C=O) groups excluding carboxylic acids is 2. The van der Waals surface area contributed by atoms with Crippen molar-refractivity contribution in [2.45, 2.75) is 43.7 Å². The number of benzene rings is 3. The molecule has 0 radical (unpaired) electrons. The molecule has 0 aromatic heterocycles. The molecule has 0 N–H and O–H groups in total. The highest BCUT2D eigenvalue weighted by Crippen LogP contribution is 2.32. The van der Waals surface area contributed by atoms with E-state index in [0.717, 1.165) is 0 Å². The van der Waals surface area contributed by atoms with E-state index in [1.807, 2.05) is 0 Å². The second kappa shape index (κ2) is 13.0. The SMILES string of the molecule is COC(=O)[C@@H]1C[C@H](Br)CN1C(=O)OC(C)(C)C.c1ccc(P(c2ccccc2)c2ccccc2)cc1. The number of alkyl halides is 1. The number of esters is 1. The molecule has 4 rings (SSSR count). The molecule has 1 amide bonds. The highest BCUT2D eigenvalue weighted by molar-refractivity contribution is 9.09. The number of nitrogens with zero attached hydrogens (tertiary/aromatic N) is 1. The smallest absolute Gasteiger partial charge is 0.411 e. The maximum absolute atomic E-state index is 11.9. The van der Waals surface area contributed by atoms with Gasteiger partial charge in [-0.15, -0.1) is 0 Å². The summed E-state index contributed by atoms with van der Waals surface area (Å²) in [4.78, 5) is 25.0. The van der Waals surface area contributed by atoms with Crippen LogP contribution in [-0.2, 0) is 14.3 Å². The first-order valence-corrected chi connectivity index (χ1v) is 14.1. The van der Waals surface area contributed by atoms with E-state index in [1.54, 1.807) is 20.8 Å². The van der Waals surface area contributed by atoms with Crippen molar-refractivity contribution in [3.63, 3.8) is 0 Å². The van der Waals surface area contributed by atoms with E-state index in [-0.39, 0.29) is 4.83 Å². The third-order valence-electron chi connectivity index (χ3n) is 5.39. The summed E-state index contributed by atoms with van der Waals surface area (Å²) in [7, 11) is 0.871. The number of rotatable bonds is 4.